The maximum absolute atomic E-state index is 4.67. The van der Waals surface area contributed by atoms with Gasteiger partial charge in [0, 0.05) is 0 Å². The Labute approximate surface area is 125 Å². The predicted octanol–water partition coefficient (Wildman–Crippen LogP) is 5.83. The molecule has 4 saturated carbocycles. The summed E-state index contributed by atoms with van der Waals surface area (Å²) in [7, 11) is 0. The van der Waals surface area contributed by atoms with E-state index in [0.717, 1.165) is 17.8 Å². The van der Waals surface area contributed by atoms with E-state index < -0.39 is 0 Å². The van der Waals surface area contributed by atoms with Gasteiger partial charge in [0.15, 0.2) is 0 Å². The fourth-order valence-electron chi connectivity index (χ4n) is 7.42. The highest BCUT2D eigenvalue weighted by atomic mass is 14.7. The number of rotatable bonds is 1. The quantitative estimate of drug-likeness (QED) is 0.527. The zero-order chi connectivity index (χ0) is 14.6. The highest BCUT2D eigenvalue weighted by molar-refractivity contribution is 5.34. The molecule has 0 aromatic carbocycles. The molecule has 112 valence electrons. The summed E-state index contributed by atoms with van der Waals surface area (Å²) in [6, 6.07) is 0. The Bertz CT molecular complexity index is 482. The van der Waals surface area contributed by atoms with Crippen LogP contribution in [-0.2, 0) is 0 Å². The molecule has 0 amide bonds. The molecule has 0 heteroatoms. The van der Waals surface area contributed by atoms with Crippen molar-refractivity contribution in [2.24, 2.45) is 39.4 Å². The molecule has 0 heterocycles. The Hall–Kier alpha value is -0.260. The van der Waals surface area contributed by atoms with Crippen LogP contribution in [-0.4, -0.2) is 0 Å². The summed E-state index contributed by atoms with van der Waals surface area (Å²) in [6.45, 7) is 17.4. The molecular weight excluding hydrogens is 240 g/mol. The van der Waals surface area contributed by atoms with Gasteiger partial charge in [-0.3, -0.25) is 0 Å². The lowest BCUT2D eigenvalue weighted by Gasteiger charge is -2.50. The Balaban J connectivity index is 1.79. The van der Waals surface area contributed by atoms with Gasteiger partial charge in [-0.05, 0) is 77.9 Å². The van der Waals surface area contributed by atoms with Gasteiger partial charge in [0.2, 0.25) is 0 Å². The van der Waals surface area contributed by atoms with Crippen molar-refractivity contribution < 1.29 is 0 Å². The van der Waals surface area contributed by atoms with Crippen LogP contribution in [0.5, 0.6) is 0 Å². The molecule has 0 radical (unpaired) electrons. The van der Waals surface area contributed by atoms with Gasteiger partial charge in [-0.25, -0.2) is 0 Å². The van der Waals surface area contributed by atoms with E-state index in [4.69, 9.17) is 0 Å². The van der Waals surface area contributed by atoms with Gasteiger partial charge in [0.05, 0.1) is 0 Å². The largest absolute Gasteiger partial charge is 0.0987 e. The Kier molecular flexibility index (Phi) is 2.27. The van der Waals surface area contributed by atoms with Gasteiger partial charge in [0.25, 0.3) is 0 Å². The molecule has 0 N–H and O–H groups in total. The van der Waals surface area contributed by atoms with Gasteiger partial charge in [-0.1, -0.05) is 46.8 Å². The summed E-state index contributed by atoms with van der Waals surface area (Å²) in [5.41, 5.74) is 3.67. The summed E-state index contributed by atoms with van der Waals surface area (Å²) in [6.07, 6.45) is 8.81. The maximum Gasteiger partial charge on any atom is -0.00485 e. The zero-order valence-electron chi connectivity index (χ0n) is 14.2. The summed E-state index contributed by atoms with van der Waals surface area (Å²) in [5.74, 6) is 2.81. The van der Waals surface area contributed by atoms with Crippen LogP contribution in [0.15, 0.2) is 12.2 Å². The Morgan fingerprint density at radius 2 is 1.60 bits per heavy atom. The number of fused-ring (bicyclic) bond motifs is 4. The van der Waals surface area contributed by atoms with Crippen LogP contribution in [0.2, 0.25) is 0 Å². The molecule has 4 fully saturated rings. The highest BCUT2D eigenvalue weighted by Gasteiger charge is 2.70. The van der Waals surface area contributed by atoms with Gasteiger partial charge >= 0.3 is 0 Å². The Morgan fingerprint density at radius 3 is 2.05 bits per heavy atom. The average molecular weight is 272 g/mol. The first-order chi connectivity index (χ1) is 9.16. The van der Waals surface area contributed by atoms with E-state index >= 15 is 0 Å². The van der Waals surface area contributed by atoms with Crippen molar-refractivity contribution in [1.82, 2.24) is 0 Å². The lowest BCUT2D eigenvalue weighted by molar-refractivity contribution is 0.0295. The average Bonchev–Trinajstić information content (AvgIpc) is 3.01. The topological polar surface area (TPSA) is 0 Å². The second-order valence-corrected chi connectivity index (χ2v) is 9.96. The van der Waals surface area contributed by atoms with E-state index in [0.29, 0.717) is 21.7 Å². The van der Waals surface area contributed by atoms with Crippen molar-refractivity contribution in [1.29, 1.82) is 0 Å². The minimum atomic E-state index is 0.403. The van der Waals surface area contributed by atoms with E-state index in [2.05, 4.69) is 41.2 Å². The van der Waals surface area contributed by atoms with E-state index in [-0.39, 0.29) is 0 Å². The first-order valence-corrected chi connectivity index (χ1v) is 8.86. The molecule has 0 saturated heterocycles. The van der Waals surface area contributed by atoms with Gasteiger partial charge in [0.1, 0.15) is 0 Å². The fourth-order valence-corrected chi connectivity index (χ4v) is 7.42. The van der Waals surface area contributed by atoms with Crippen molar-refractivity contribution in [2.75, 3.05) is 0 Å². The predicted molar refractivity (Wildman–Crippen MR) is 85.4 cm³/mol. The van der Waals surface area contributed by atoms with E-state index in [1.807, 2.05) is 0 Å². The van der Waals surface area contributed by atoms with Crippen molar-refractivity contribution in [2.45, 2.75) is 73.1 Å². The minimum absolute atomic E-state index is 0.403. The molecule has 5 atom stereocenters. The smallest absolute Gasteiger partial charge is 0.00485 e. The van der Waals surface area contributed by atoms with E-state index in [1.54, 1.807) is 5.57 Å². The summed E-state index contributed by atoms with van der Waals surface area (Å²) in [4.78, 5) is 0. The molecule has 4 rings (SSSR count). The van der Waals surface area contributed by atoms with Gasteiger partial charge < -0.3 is 0 Å². The standard InChI is InChI=1S/C20H32/c1-13-17(2,3)15-8-10-20(13,12-15)16-11-14-7-9-19(16,6)18(14,4)5/h14-16H,1,7-12H2,2-6H3. The lowest BCUT2D eigenvalue weighted by atomic mass is 9.54. The molecule has 20 heavy (non-hydrogen) atoms. The zero-order valence-corrected chi connectivity index (χ0v) is 14.2. The number of hydrogen-bond acceptors (Lipinski definition) is 0. The van der Waals surface area contributed by atoms with Crippen LogP contribution in [0.3, 0.4) is 0 Å². The monoisotopic (exact) mass is 272 g/mol. The third kappa shape index (κ3) is 1.15. The van der Waals surface area contributed by atoms with Crippen molar-refractivity contribution in [3.8, 4) is 0 Å². The molecule has 0 aliphatic heterocycles. The van der Waals surface area contributed by atoms with Crippen LogP contribution in [0, 0.1) is 39.4 Å². The molecule has 0 aromatic rings. The molecule has 0 nitrogen and oxygen atoms in total. The van der Waals surface area contributed by atoms with Crippen LogP contribution in [0.25, 0.3) is 0 Å². The SMILES string of the molecule is C=C1C(C)(C)C2CCC1(C1CC3CCC1(C)C3(C)C)C2. The highest BCUT2D eigenvalue weighted by Crippen LogP contribution is 2.78. The fraction of sp³-hybridized carbons (Fsp3) is 0.900. The normalized spacial score (nSPS) is 54.9. The van der Waals surface area contributed by atoms with Crippen LogP contribution >= 0.6 is 0 Å². The first-order valence-electron chi connectivity index (χ1n) is 8.86. The Morgan fingerprint density at radius 1 is 0.950 bits per heavy atom. The summed E-state index contributed by atoms with van der Waals surface area (Å²) >= 11 is 0. The summed E-state index contributed by atoms with van der Waals surface area (Å²) in [5, 5.41) is 0. The lowest BCUT2D eigenvalue weighted by Crippen LogP contribution is -2.42. The van der Waals surface area contributed by atoms with Gasteiger partial charge in [-0.2, -0.15) is 0 Å². The molecule has 0 aromatic heterocycles. The van der Waals surface area contributed by atoms with Crippen LogP contribution < -0.4 is 0 Å². The van der Waals surface area contributed by atoms with Crippen molar-refractivity contribution in [3.05, 3.63) is 12.2 Å². The molecule has 4 aliphatic rings. The number of hydrogen-bond donors (Lipinski definition) is 0. The molecule has 4 aliphatic carbocycles. The number of allylic oxidation sites excluding steroid dienone is 1. The second kappa shape index (κ2) is 3.39. The first kappa shape index (κ1) is 13.4. The van der Waals surface area contributed by atoms with E-state index in [9.17, 15) is 0 Å². The minimum Gasteiger partial charge on any atom is -0.0987 e. The van der Waals surface area contributed by atoms with Crippen LogP contribution in [0.4, 0.5) is 0 Å². The molecule has 4 bridgehead atoms. The van der Waals surface area contributed by atoms with Crippen molar-refractivity contribution in [3.63, 3.8) is 0 Å². The van der Waals surface area contributed by atoms with Crippen LogP contribution in [0.1, 0.15) is 73.1 Å². The van der Waals surface area contributed by atoms with Crippen molar-refractivity contribution >= 4 is 0 Å². The molecular formula is C20H32. The summed E-state index contributed by atoms with van der Waals surface area (Å²) < 4.78 is 0. The third-order valence-electron chi connectivity index (χ3n) is 9.41. The third-order valence-corrected chi connectivity index (χ3v) is 9.41. The maximum atomic E-state index is 4.67. The second-order valence-electron chi connectivity index (χ2n) is 9.96. The molecule has 5 unspecified atom stereocenters. The van der Waals surface area contributed by atoms with E-state index in [1.165, 1.54) is 38.5 Å². The van der Waals surface area contributed by atoms with Gasteiger partial charge in [-0.15, -0.1) is 0 Å². The molecule has 0 spiro atoms.